The molecule has 1 aromatic carbocycles. The van der Waals surface area contributed by atoms with Crippen LogP contribution >= 0.6 is 0 Å². The smallest absolute Gasteiger partial charge is 0.338 e. The molecule has 90 valence electrons. The Morgan fingerprint density at radius 2 is 2.24 bits per heavy atom. The van der Waals surface area contributed by atoms with Crippen LogP contribution in [0.3, 0.4) is 0 Å². The summed E-state index contributed by atoms with van der Waals surface area (Å²) in [6.07, 6.45) is 1.97. The van der Waals surface area contributed by atoms with Crippen LogP contribution in [-0.2, 0) is 4.74 Å². The highest BCUT2D eigenvalue weighted by atomic mass is 16.5. The van der Waals surface area contributed by atoms with E-state index >= 15 is 0 Å². The predicted molar refractivity (Wildman–Crippen MR) is 65.3 cm³/mol. The first-order chi connectivity index (χ1) is 8.15. The Hall–Kier alpha value is -2.02. The highest BCUT2D eigenvalue weighted by Gasteiger charge is 2.07. The van der Waals surface area contributed by atoms with E-state index < -0.39 is 0 Å². The monoisotopic (exact) mass is 232 g/mol. The summed E-state index contributed by atoms with van der Waals surface area (Å²) in [4.78, 5) is 11.6. The number of rotatable bonds is 5. The van der Waals surface area contributed by atoms with E-state index in [1.807, 2.05) is 13.0 Å². The van der Waals surface area contributed by atoms with Crippen LogP contribution < -0.4 is 5.73 Å². The van der Waals surface area contributed by atoms with Crippen LogP contribution in [0.25, 0.3) is 0 Å². The molecule has 17 heavy (non-hydrogen) atoms. The number of nitrogens with two attached hydrogens (primary N) is 1. The topological polar surface area (TPSA) is 76.1 Å². The highest BCUT2D eigenvalue weighted by molar-refractivity contribution is 5.90. The normalized spacial score (nSPS) is 9.65. The van der Waals surface area contributed by atoms with E-state index in [0.717, 1.165) is 12.0 Å². The van der Waals surface area contributed by atoms with Gasteiger partial charge in [-0.3, -0.25) is 0 Å². The molecular weight excluding hydrogens is 216 g/mol. The number of carbonyl (C=O) groups excluding carboxylic acids is 1. The summed E-state index contributed by atoms with van der Waals surface area (Å²) in [5.41, 5.74) is 7.70. The minimum atomic E-state index is -0.343. The van der Waals surface area contributed by atoms with Gasteiger partial charge in [0.15, 0.2) is 0 Å². The Labute approximate surface area is 101 Å². The fourth-order valence-electron chi connectivity index (χ4n) is 1.36. The first kappa shape index (κ1) is 13.0. The second kappa shape index (κ2) is 6.54. The third kappa shape index (κ3) is 4.15. The average Bonchev–Trinajstić information content (AvgIpc) is 2.32. The molecule has 0 spiro atoms. The number of aryl methyl sites for hydroxylation is 1. The molecule has 0 aliphatic heterocycles. The quantitative estimate of drug-likeness (QED) is 0.480. The number of hydrogen-bond donors (Lipinski definition) is 1. The minimum Gasteiger partial charge on any atom is -0.462 e. The van der Waals surface area contributed by atoms with Crippen LogP contribution in [0.2, 0.25) is 0 Å². The first-order valence-electron chi connectivity index (χ1n) is 5.55. The molecule has 0 heterocycles. The summed E-state index contributed by atoms with van der Waals surface area (Å²) >= 11 is 0. The maximum absolute atomic E-state index is 11.6. The molecule has 0 fully saturated rings. The number of nitriles is 1. The van der Waals surface area contributed by atoms with Gasteiger partial charge in [0.25, 0.3) is 0 Å². The molecule has 0 aliphatic rings. The summed E-state index contributed by atoms with van der Waals surface area (Å²) in [7, 11) is 0. The van der Waals surface area contributed by atoms with Crippen LogP contribution in [0.4, 0.5) is 5.69 Å². The Morgan fingerprint density at radius 3 is 2.88 bits per heavy atom. The molecule has 4 heteroatoms. The number of hydrogen-bond acceptors (Lipinski definition) is 4. The van der Waals surface area contributed by atoms with Crippen LogP contribution in [-0.4, -0.2) is 12.6 Å². The largest absolute Gasteiger partial charge is 0.462 e. The van der Waals surface area contributed by atoms with Crippen molar-refractivity contribution in [3.05, 3.63) is 29.3 Å². The minimum absolute atomic E-state index is 0.343. The number of benzene rings is 1. The van der Waals surface area contributed by atoms with Crippen molar-refractivity contribution in [2.75, 3.05) is 12.3 Å². The number of anilines is 1. The van der Waals surface area contributed by atoms with Crippen molar-refractivity contribution in [3.8, 4) is 6.07 Å². The van der Waals surface area contributed by atoms with Gasteiger partial charge in [-0.15, -0.1) is 0 Å². The van der Waals surface area contributed by atoms with E-state index in [4.69, 9.17) is 15.7 Å². The van der Waals surface area contributed by atoms with Gasteiger partial charge in [0.1, 0.15) is 0 Å². The predicted octanol–water partition coefficient (Wildman–Crippen LogP) is 2.43. The lowest BCUT2D eigenvalue weighted by Gasteiger charge is -2.06. The molecule has 2 N–H and O–H groups in total. The fraction of sp³-hybridized carbons (Fsp3) is 0.385. The molecule has 0 radical (unpaired) electrons. The summed E-state index contributed by atoms with van der Waals surface area (Å²) in [5, 5.41) is 8.34. The second-order valence-corrected chi connectivity index (χ2v) is 3.82. The van der Waals surface area contributed by atoms with Crippen LogP contribution in [0.5, 0.6) is 0 Å². The molecule has 0 aliphatic carbocycles. The van der Waals surface area contributed by atoms with Gasteiger partial charge in [-0.25, -0.2) is 4.79 Å². The van der Waals surface area contributed by atoms with E-state index in [9.17, 15) is 4.79 Å². The SMILES string of the molecule is Cc1cc(C(=O)OCCCCC#N)ccc1N. The summed E-state index contributed by atoms with van der Waals surface area (Å²) in [6.45, 7) is 2.20. The number of nitrogen functional groups attached to an aromatic ring is 1. The van der Waals surface area contributed by atoms with Crippen molar-refractivity contribution in [2.45, 2.75) is 26.2 Å². The maximum Gasteiger partial charge on any atom is 0.338 e. The standard InChI is InChI=1S/C13H16N2O2/c1-10-9-11(5-6-12(10)15)13(16)17-8-4-2-3-7-14/h5-6,9H,2-4,8,15H2,1H3. The van der Waals surface area contributed by atoms with Crippen molar-refractivity contribution < 1.29 is 9.53 Å². The van der Waals surface area contributed by atoms with Crippen molar-refractivity contribution >= 4 is 11.7 Å². The fourth-order valence-corrected chi connectivity index (χ4v) is 1.36. The van der Waals surface area contributed by atoms with Gasteiger partial charge in [-0.1, -0.05) is 0 Å². The van der Waals surface area contributed by atoms with Crippen LogP contribution in [0.15, 0.2) is 18.2 Å². The lowest BCUT2D eigenvalue weighted by molar-refractivity contribution is 0.0498. The molecule has 4 nitrogen and oxygen atoms in total. The van der Waals surface area contributed by atoms with E-state index in [2.05, 4.69) is 0 Å². The zero-order valence-corrected chi connectivity index (χ0v) is 9.90. The molecule has 1 rings (SSSR count). The molecule has 0 saturated heterocycles. The zero-order chi connectivity index (χ0) is 12.7. The van der Waals surface area contributed by atoms with Crippen molar-refractivity contribution in [2.24, 2.45) is 0 Å². The molecule has 0 unspecified atom stereocenters. The lowest BCUT2D eigenvalue weighted by atomic mass is 10.1. The number of carbonyl (C=O) groups is 1. The molecule has 0 amide bonds. The third-order valence-corrected chi connectivity index (χ3v) is 2.42. The van der Waals surface area contributed by atoms with Crippen molar-refractivity contribution in [1.29, 1.82) is 5.26 Å². The third-order valence-electron chi connectivity index (χ3n) is 2.42. The summed E-state index contributed by atoms with van der Waals surface area (Å²) in [6, 6.07) is 7.11. The highest BCUT2D eigenvalue weighted by Crippen LogP contribution is 2.13. The average molecular weight is 232 g/mol. The van der Waals surface area contributed by atoms with Crippen molar-refractivity contribution in [3.63, 3.8) is 0 Å². The number of ether oxygens (including phenoxy) is 1. The van der Waals surface area contributed by atoms with E-state index in [0.29, 0.717) is 30.7 Å². The van der Waals surface area contributed by atoms with Gasteiger partial charge in [0.05, 0.1) is 18.2 Å². The Balaban J connectivity index is 2.42. The second-order valence-electron chi connectivity index (χ2n) is 3.82. The number of nitrogens with zero attached hydrogens (tertiary/aromatic N) is 1. The van der Waals surface area contributed by atoms with Crippen LogP contribution in [0, 0.1) is 18.3 Å². The number of unbranched alkanes of at least 4 members (excludes halogenated alkanes) is 2. The Morgan fingerprint density at radius 1 is 1.47 bits per heavy atom. The molecule has 0 atom stereocenters. The Kier molecular flexibility index (Phi) is 5.02. The molecular formula is C13H16N2O2. The first-order valence-corrected chi connectivity index (χ1v) is 5.55. The molecule has 0 aromatic heterocycles. The molecule has 1 aromatic rings. The van der Waals surface area contributed by atoms with Gasteiger partial charge in [0.2, 0.25) is 0 Å². The van der Waals surface area contributed by atoms with E-state index in [-0.39, 0.29) is 5.97 Å². The lowest BCUT2D eigenvalue weighted by Crippen LogP contribution is -2.07. The maximum atomic E-state index is 11.6. The molecule has 0 bridgehead atoms. The van der Waals surface area contributed by atoms with Crippen molar-refractivity contribution in [1.82, 2.24) is 0 Å². The van der Waals surface area contributed by atoms with E-state index in [1.165, 1.54) is 0 Å². The number of esters is 1. The van der Waals surface area contributed by atoms with Gasteiger partial charge >= 0.3 is 5.97 Å². The van der Waals surface area contributed by atoms with Gasteiger partial charge in [0, 0.05) is 12.1 Å². The summed E-state index contributed by atoms with van der Waals surface area (Å²) < 4.78 is 5.08. The molecule has 0 saturated carbocycles. The Bertz CT molecular complexity index is 436. The zero-order valence-electron chi connectivity index (χ0n) is 9.90. The van der Waals surface area contributed by atoms with Gasteiger partial charge in [-0.2, -0.15) is 5.26 Å². The van der Waals surface area contributed by atoms with Gasteiger partial charge < -0.3 is 10.5 Å². The summed E-state index contributed by atoms with van der Waals surface area (Å²) in [5.74, 6) is -0.343. The van der Waals surface area contributed by atoms with E-state index in [1.54, 1.807) is 18.2 Å². The van der Waals surface area contributed by atoms with Crippen LogP contribution in [0.1, 0.15) is 35.2 Å². The van der Waals surface area contributed by atoms with Gasteiger partial charge in [-0.05, 0) is 43.5 Å².